The molecule has 1 N–H and O–H groups in total. The van der Waals surface area contributed by atoms with Gasteiger partial charge in [-0.15, -0.1) is 0 Å². The molecular weight excluding hydrogens is 482 g/mol. The molecule has 2 heterocycles. The van der Waals surface area contributed by atoms with Gasteiger partial charge in [-0.3, -0.25) is 4.79 Å². The molecule has 2 aliphatic rings. The van der Waals surface area contributed by atoms with Crippen molar-refractivity contribution in [3.63, 3.8) is 0 Å². The lowest BCUT2D eigenvalue weighted by atomic mass is 9.91. The van der Waals surface area contributed by atoms with Gasteiger partial charge in [0, 0.05) is 51.9 Å². The van der Waals surface area contributed by atoms with Crippen LogP contribution < -0.4 is 4.90 Å². The molecule has 1 aromatic carbocycles. The van der Waals surface area contributed by atoms with E-state index in [2.05, 4.69) is 11.0 Å². The number of ether oxygens (including phenoxy) is 2. The minimum absolute atomic E-state index is 0.0103. The van der Waals surface area contributed by atoms with Gasteiger partial charge in [0.15, 0.2) is 0 Å². The first kappa shape index (κ1) is 29.7. The fraction of sp³-hybridized carbons (Fsp3) is 0.600. The number of piperazine rings is 1. The number of aliphatic hydroxyl groups is 1. The van der Waals surface area contributed by atoms with Gasteiger partial charge in [-0.05, 0) is 62.1 Å². The summed E-state index contributed by atoms with van der Waals surface area (Å²) < 4.78 is 11.9. The average Bonchev–Trinajstić information content (AvgIpc) is 2.87. The van der Waals surface area contributed by atoms with Crippen molar-refractivity contribution in [1.82, 2.24) is 9.80 Å². The van der Waals surface area contributed by atoms with Crippen LogP contribution in [-0.4, -0.2) is 92.6 Å². The van der Waals surface area contributed by atoms with Gasteiger partial charge in [-0.25, -0.2) is 4.79 Å². The number of aliphatic hydroxyl groups excluding tert-OH is 1. The topological polar surface area (TPSA) is 82.5 Å². The van der Waals surface area contributed by atoms with E-state index in [0.717, 1.165) is 29.9 Å². The molecule has 8 heteroatoms. The molecule has 210 valence electrons. The van der Waals surface area contributed by atoms with Crippen LogP contribution in [0.3, 0.4) is 0 Å². The second-order valence-electron chi connectivity index (χ2n) is 11.1. The molecule has 5 atom stereocenters. The first-order valence-corrected chi connectivity index (χ1v) is 13.7. The second-order valence-corrected chi connectivity index (χ2v) is 11.1. The highest BCUT2D eigenvalue weighted by molar-refractivity contribution is 5.71. The van der Waals surface area contributed by atoms with Crippen molar-refractivity contribution < 1.29 is 24.2 Å². The molecule has 1 saturated heterocycles. The third kappa shape index (κ3) is 8.60. The van der Waals surface area contributed by atoms with Crippen LogP contribution in [0.15, 0.2) is 42.0 Å². The van der Waals surface area contributed by atoms with Crippen molar-refractivity contribution in [3.8, 4) is 0 Å². The Kier molecular flexibility index (Phi) is 10.8. The maximum absolute atomic E-state index is 13.0. The zero-order chi connectivity index (χ0) is 27.8. The molecule has 0 aromatic heterocycles. The SMILES string of the molecule is C/C(=C\c1cccc(N(C)C)c1)[C@H]1OC(=O)C[C@H](O)CC[C@H](C)[C@H](OC(=O)N2CCN(C)CC2)/C=C/[C@@H]1C. The number of nitrogens with zero attached hydrogens (tertiary/aromatic N) is 3. The zero-order valence-electron chi connectivity index (χ0n) is 23.8. The van der Waals surface area contributed by atoms with E-state index in [1.807, 2.05) is 83.2 Å². The van der Waals surface area contributed by atoms with Crippen LogP contribution in [0, 0.1) is 11.8 Å². The molecule has 1 fully saturated rings. The van der Waals surface area contributed by atoms with Crippen LogP contribution in [0.4, 0.5) is 10.5 Å². The van der Waals surface area contributed by atoms with E-state index in [9.17, 15) is 14.7 Å². The van der Waals surface area contributed by atoms with Crippen molar-refractivity contribution in [2.24, 2.45) is 11.8 Å². The lowest BCUT2D eigenvalue weighted by molar-refractivity contribution is -0.151. The third-order valence-electron chi connectivity index (χ3n) is 7.49. The fourth-order valence-corrected chi connectivity index (χ4v) is 4.87. The Morgan fingerprint density at radius 3 is 2.53 bits per heavy atom. The van der Waals surface area contributed by atoms with E-state index >= 15 is 0 Å². The van der Waals surface area contributed by atoms with E-state index in [1.165, 1.54) is 0 Å². The van der Waals surface area contributed by atoms with E-state index in [4.69, 9.17) is 9.47 Å². The van der Waals surface area contributed by atoms with Gasteiger partial charge in [-0.2, -0.15) is 0 Å². The van der Waals surface area contributed by atoms with Crippen LogP contribution in [0.5, 0.6) is 0 Å². The Balaban J connectivity index is 1.84. The number of rotatable bonds is 4. The number of benzene rings is 1. The number of cyclic esters (lactones) is 1. The molecule has 1 aromatic rings. The Labute approximate surface area is 227 Å². The molecule has 0 saturated carbocycles. The first-order chi connectivity index (χ1) is 18.0. The van der Waals surface area contributed by atoms with Gasteiger partial charge >= 0.3 is 12.1 Å². The summed E-state index contributed by atoms with van der Waals surface area (Å²) >= 11 is 0. The average molecular weight is 528 g/mol. The summed E-state index contributed by atoms with van der Waals surface area (Å²) in [5, 5.41) is 10.5. The Hall–Kier alpha value is -2.84. The van der Waals surface area contributed by atoms with E-state index in [1.54, 1.807) is 4.90 Å². The molecule has 0 bridgehead atoms. The summed E-state index contributed by atoms with van der Waals surface area (Å²) in [6, 6.07) is 8.15. The van der Waals surface area contributed by atoms with Gasteiger partial charge in [0.1, 0.15) is 12.2 Å². The van der Waals surface area contributed by atoms with Crippen molar-refractivity contribution in [2.75, 3.05) is 52.2 Å². The summed E-state index contributed by atoms with van der Waals surface area (Å²) in [4.78, 5) is 31.7. The number of carbonyl (C=O) groups excluding carboxylic acids is 2. The highest BCUT2D eigenvalue weighted by Gasteiger charge is 2.29. The van der Waals surface area contributed by atoms with Crippen LogP contribution >= 0.6 is 0 Å². The minimum Gasteiger partial charge on any atom is -0.457 e. The summed E-state index contributed by atoms with van der Waals surface area (Å²) in [5.41, 5.74) is 2.99. The van der Waals surface area contributed by atoms with Crippen LogP contribution in [0.25, 0.3) is 6.08 Å². The van der Waals surface area contributed by atoms with Crippen LogP contribution in [-0.2, 0) is 14.3 Å². The lowest BCUT2D eigenvalue weighted by Crippen LogP contribution is -2.48. The van der Waals surface area contributed by atoms with Crippen molar-refractivity contribution in [1.29, 1.82) is 0 Å². The fourth-order valence-electron chi connectivity index (χ4n) is 4.87. The number of carbonyl (C=O) groups is 2. The lowest BCUT2D eigenvalue weighted by Gasteiger charge is -2.33. The standard InChI is InChI=1S/C30H45N3O5/c1-21-10-12-26(34)20-28(35)38-29(23(3)18-24-8-7-9-25(19-24)31(4)5)22(2)11-13-27(21)37-30(36)33-16-14-32(6)15-17-33/h7-9,11,13,18-19,21-22,26-27,29,34H,10,12,14-17,20H2,1-6H3/b13-11+,23-18+/t21-,22-,26+,27+,29-/m0/s1. The molecule has 0 spiro atoms. The summed E-state index contributed by atoms with van der Waals surface area (Å²) in [5.74, 6) is -0.589. The highest BCUT2D eigenvalue weighted by Crippen LogP contribution is 2.26. The van der Waals surface area contributed by atoms with Gasteiger partial charge in [0.05, 0.1) is 12.5 Å². The Morgan fingerprint density at radius 2 is 1.84 bits per heavy atom. The quantitative estimate of drug-likeness (QED) is 0.464. The molecule has 3 rings (SSSR count). The molecule has 8 nitrogen and oxygen atoms in total. The number of hydrogen-bond acceptors (Lipinski definition) is 7. The third-order valence-corrected chi connectivity index (χ3v) is 7.49. The normalized spacial score (nSPS) is 29.0. The van der Waals surface area contributed by atoms with Crippen molar-refractivity contribution in [3.05, 3.63) is 47.6 Å². The maximum Gasteiger partial charge on any atom is 0.410 e. The predicted molar refractivity (Wildman–Crippen MR) is 151 cm³/mol. The van der Waals surface area contributed by atoms with Gasteiger partial charge in [0.2, 0.25) is 0 Å². The molecule has 0 aliphatic carbocycles. The molecule has 38 heavy (non-hydrogen) atoms. The maximum atomic E-state index is 13.0. The van der Waals surface area contributed by atoms with Crippen molar-refractivity contribution >= 4 is 23.8 Å². The Morgan fingerprint density at radius 1 is 1.13 bits per heavy atom. The number of amides is 1. The number of esters is 1. The highest BCUT2D eigenvalue weighted by atomic mass is 16.6. The molecule has 1 amide bonds. The number of likely N-dealkylation sites (N-methyl/N-ethyl adjacent to an activating group) is 1. The summed E-state index contributed by atoms with van der Waals surface area (Å²) in [6.45, 7) is 8.91. The van der Waals surface area contributed by atoms with E-state index < -0.39 is 24.3 Å². The van der Waals surface area contributed by atoms with Gasteiger partial charge in [0.25, 0.3) is 0 Å². The van der Waals surface area contributed by atoms with Crippen molar-refractivity contribution in [2.45, 2.75) is 58.3 Å². The van der Waals surface area contributed by atoms with E-state index in [0.29, 0.717) is 25.9 Å². The number of hydrogen-bond donors (Lipinski definition) is 1. The predicted octanol–water partition coefficient (Wildman–Crippen LogP) is 4.19. The first-order valence-electron chi connectivity index (χ1n) is 13.7. The molecule has 2 aliphatic heterocycles. The monoisotopic (exact) mass is 527 g/mol. The van der Waals surface area contributed by atoms with Crippen LogP contribution in [0.1, 0.15) is 45.6 Å². The second kappa shape index (κ2) is 13.8. The molecule has 0 unspecified atom stereocenters. The number of anilines is 1. The smallest absolute Gasteiger partial charge is 0.410 e. The minimum atomic E-state index is -0.806. The molecular formula is C30H45N3O5. The van der Waals surface area contributed by atoms with E-state index in [-0.39, 0.29) is 24.3 Å². The van der Waals surface area contributed by atoms with Gasteiger partial charge in [-0.1, -0.05) is 38.1 Å². The van der Waals surface area contributed by atoms with Gasteiger partial charge < -0.3 is 29.3 Å². The summed E-state index contributed by atoms with van der Waals surface area (Å²) in [7, 11) is 6.04. The largest absolute Gasteiger partial charge is 0.457 e. The van der Waals surface area contributed by atoms with Crippen LogP contribution in [0.2, 0.25) is 0 Å². The molecule has 0 radical (unpaired) electrons. The Bertz CT molecular complexity index is 999. The zero-order valence-corrected chi connectivity index (χ0v) is 23.8. The summed E-state index contributed by atoms with van der Waals surface area (Å²) in [6.07, 6.45) is 4.88.